The average molecular weight is 1020 g/mol. The Morgan fingerprint density at radius 3 is 1.24 bits per heavy atom. The summed E-state index contributed by atoms with van der Waals surface area (Å²) < 4.78 is 32.8. The predicted octanol–water partition coefficient (Wildman–Crippen LogP) is 8.98. The van der Waals surface area contributed by atoms with E-state index >= 15 is 0 Å². The molecule has 0 N–H and O–H groups in total. The number of carbonyl (C=O) groups excluding carboxylic acids is 2. The summed E-state index contributed by atoms with van der Waals surface area (Å²) in [4.78, 5) is 30.7. The number of hydrogen-bond donors (Lipinski definition) is 0. The maximum atomic E-state index is 13.0. The Balaban J connectivity index is 0.00000116. The minimum absolute atomic E-state index is 0. The van der Waals surface area contributed by atoms with E-state index in [1.807, 2.05) is 39.3 Å². The number of methoxy groups -OCH3 is 6. The van der Waals surface area contributed by atoms with E-state index in [1.54, 1.807) is 42.6 Å². The van der Waals surface area contributed by atoms with E-state index < -0.39 is 0 Å². The number of hydroxylamine groups is 2. The summed E-state index contributed by atoms with van der Waals surface area (Å²) in [6.07, 6.45) is 13.3. The number of benzene rings is 4. The molecule has 0 aromatic heterocycles. The molecule has 0 saturated heterocycles. The van der Waals surface area contributed by atoms with Crippen LogP contribution in [0.4, 0.5) is 0 Å². The first-order valence-electron chi connectivity index (χ1n) is 23.4. The van der Waals surface area contributed by atoms with Crippen molar-refractivity contribution >= 4 is 47.3 Å². The Morgan fingerprint density at radius 1 is 0.600 bits per heavy atom. The van der Waals surface area contributed by atoms with Gasteiger partial charge in [-0.3, -0.25) is 14.4 Å². The van der Waals surface area contributed by atoms with Crippen molar-refractivity contribution < 1.29 is 55.3 Å². The van der Waals surface area contributed by atoms with E-state index in [0.29, 0.717) is 0 Å². The summed E-state index contributed by atoms with van der Waals surface area (Å²) in [5.74, 6) is 2.11. The van der Waals surface area contributed by atoms with E-state index in [4.69, 9.17) is 28.5 Å². The van der Waals surface area contributed by atoms with E-state index in [9.17, 15) is 9.59 Å². The third-order valence-corrected chi connectivity index (χ3v) is 12.2. The molecule has 13 heteroatoms. The van der Waals surface area contributed by atoms with Gasteiger partial charge in [0.1, 0.15) is 23.0 Å². The van der Waals surface area contributed by atoms with Gasteiger partial charge in [0.2, 0.25) is 5.91 Å². The molecule has 0 saturated carbocycles. The molecule has 0 spiro atoms. The fraction of sp³-hybridized carbons (Fsp3) is 0.456. The molecular formula is C57H79Cl2MgNO9. The molecule has 0 unspecified atom stereocenters. The van der Waals surface area contributed by atoms with Gasteiger partial charge in [0.25, 0.3) is 0 Å². The first-order valence-corrected chi connectivity index (χ1v) is 23.4. The van der Waals surface area contributed by atoms with Crippen LogP contribution >= 0.6 is 12.4 Å². The number of halogens is 2. The van der Waals surface area contributed by atoms with Crippen molar-refractivity contribution in [3.63, 3.8) is 0 Å². The fourth-order valence-corrected chi connectivity index (χ4v) is 8.52. The number of rotatable bonds is 16. The van der Waals surface area contributed by atoms with Gasteiger partial charge in [0.05, 0.1) is 54.5 Å². The van der Waals surface area contributed by atoms with Crippen LogP contribution in [0, 0.1) is 18.3 Å². The van der Waals surface area contributed by atoms with Gasteiger partial charge in [-0.2, -0.15) is 13.8 Å². The van der Waals surface area contributed by atoms with Gasteiger partial charge in [-0.15, -0.1) is 12.4 Å². The second-order valence-corrected chi connectivity index (χ2v) is 16.9. The maximum Gasteiger partial charge on any atom is 2.00 e. The number of hydrogen-bond acceptors (Lipinski definition) is 9. The van der Waals surface area contributed by atoms with Crippen LogP contribution < -0.4 is 31.4 Å². The SMILES string of the molecule is CCOC.COC(=O)[C@@H]1CCC(C)=C[C@H]1c1c(OC)cc(CCc2ccccc2)cc1OC.COc1cc(CCc2ccccc2)cc(OC)c1[C@@H]1C=C(C)CC[C@H]1C(=O)N(C)OC.C[CH-]C.Cl.[Cl-].[Mg+2]. The summed E-state index contributed by atoms with van der Waals surface area (Å²) in [7, 11) is 13.0. The maximum absolute atomic E-state index is 13.0. The Kier molecular flexibility index (Phi) is 33.6. The zero-order valence-electron chi connectivity index (χ0n) is 44.1. The number of nitrogens with zero attached hydrogens (tertiary/aromatic N) is 1. The zero-order valence-corrected chi connectivity index (χ0v) is 47.1. The van der Waals surface area contributed by atoms with Crippen LogP contribution in [0.3, 0.4) is 0 Å². The monoisotopic (exact) mass is 1020 g/mol. The smallest absolute Gasteiger partial charge is 1.00 e. The van der Waals surface area contributed by atoms with Gasteiger partial charge in [0, 0.05) is 43.7 Å². The molecule has 0 fully saturated rings. The van der Waals surface area contributed by atoms with Crippen molar-refractivity contribution in [3.8, 4) is 23.0 Å². The number of amides is 1. The minimum Gasteiger partial charge on any atom is -1.00 e. The largest absolute Gasteiger partial charge is 2.00 e. The van der Waals surface area contributed by atoms with Gasteiger partial charge in [-0.1, -0.05) is 84.0 Å². The normalized spacial score (nSPS) is 16.5. The van der Waals surface area contributed by atoms with E-state index in [-0.39, 0.29) is 83.4 Å². The molecule has 0 heterocycles. The average Bonchev–Trinajstić information content (AvgIpc) is 3.37. The van der Waals surface area contributed by atoms with E-state index in [1.165, 1.54) is 41.6 Å². The summed E-state index contributed by atoms with van der Waals surface area (Å²) >= 11 is 0. The standard InChI is InChI=1S/C26H33NO4.C25H30O4.C3H8O.C3H7.2ClH.Mg/c1-18-11-14-21(26(28)27(2)31-5)22(15-18)25-23(29-3)16-20(17-24(25)30-4)13-12-19-9-7-6-8-10-19;1-17-10-13-20(25(26)29-4)21(14-17)24-22(27-2)15-19(16-23(24)28-3)12-11-18-8-6-5-7-9-18;1-3-4-2;1-3-2;;;/h6-10,15-17,21-22H,11-14H2,1-5H3;5-9,14-16,20-21H,10-13H2,1-4H3;3H2,1-2H3;3H,1-2H3;2*1H;/q;;;-1;;;+2/p-1/t21-,22-;20-,21-;;;;;/m11...../s1. The molecule has 0 aliphatic heterocycles. The molecule has 70 heavy (non-hydrogen) atoms. The van der Waals surface area contributed by atoms with Gasteiger partial charge < -0.3 is 47.2 Å². The predicted molar refractivity (Wildman–Crippen MR) is 283 cm³/mol. The molecule has 0 radical (unpaired) electrons. The third-order valence-electron chi connectivity index (χ3n) is 12.2. The first kappa shape index (κ1) is 65.8. The molecule has 2 aliphatic rings. The van der Waals surface area contributed by atoms with Crippen molar-refractivity contribution in [1.82, 2.24) is 5.06 Å². The molecule has 10 nitrogen and oxygen atoms in total. The van der Waals surface area contributed by atoms with E-state index in [0.717, 1.165) is 103 Å². The Hall–Kier alpha value is -4.23. The molecule has 0 bridgehead atoms. The van der Waals surface area contributed by atoms with Gasteiger partial charge >= 0.3 is 29.0 Å². The van der Waals surface area contributed by atoms with Gasteiger partial charge in [-0.25, -0.2) is 5.06 Å². The Labute approximate surface area is 449 Å². The topological polar surface area (TPSA) is 102 Å². The minimum atomic E-state index is -0.235. The quantitative estimate of drug-likeness (QED) is 0.0358. The zero-order chi connectivity index (χ0) is 49.3. The first-order chi connectivity index (χ1) is 32.4. The van der Waals surface area contributed by atoms with Gasteiger partial charge in [-0.05, 0) is 119 Å². The molecule has 1 amide bonds. The number of carbonyl (C=O) groups is 2. The second kappa shape index (κ2) is 35.8. The Morgan fingerprint density at radius 2 is 0.929 bits per heavy atom. The van der Waals surface area contributed by atoms with Crippen molar-refractivity contribution in [3.05, 3.63) is 148 Å². The summed E-state index contributed by atoms with van der Waals surface area (Å²) in [6, 6.07) is 29.2. The molecule has 6 rings (SSSR count). The van der Waals surface area contributed by atoms with Gasteiger partial charge in [0.15, 0.2) is 0 Å². The van der Waals surface area contributed by atoms with Crippen molar-refractivity contribution in [2.75, 3.05) is 63.4 Å². The molecule has 4 aromatic carbocycles. The van der Waals surface area contributed by atoms with E-state index in [2.05, 4.69) is 104 Å². The number of ether oxygens (including phenoxy) is 6. The van der Waals surface area contributed by atoms with Crippen molar-refractivity contribution in [1.29, 1.82) is 0 Å². The number of aryl methyl sites for hydroxylation is 4. The molecule has 382 valence electrons. The van der Waals surface area contributed by atoms with Crippen molar-refractivity contribution in [2.45, 2.75) is 97.8 Å². The molecular weight excluding hydrogens is 938 g/mol. The van der Waals surface area contributed by atoms with Crippen molar-refractivity contribution in [2.24, 2.45) is 11.8 Å². The van der Waals surface area contributed by atoms with Crippen LogP contribution in [0.25, 0.3) is 0 Å². The third kappa shape index (κ3) is 19.8. The number of esters is 1. The van der Waals surface area contributed by atoms with Crippen LogP contribution in [0.2, 0.25) is 0 Å². The van der Waals surface area contributed by atoms with Crippen LogP contribution in [-0.2, 0) is 49.6 Å². The summed E-state index contributed by atoms with van der Waals surface area (Å²) in [5, 5.41) is 1.32. The van der Waals surface area contributed by atoms with Crippen LogP contribution in [0.15, 0.2) is 108 Å². The Bertz CT molecular complexity index is 2120. The number of allylic oxidation sites excluding steroid dienone is 4. The summed E-state index contributed by atoms with van der Waals surface area (Å²) in [5.41, 5.74) is 9.28. The van der Waals surface area contributed by atoms with Crippen LogP contribution in [0.1, 0.15) is 106 Å². The second-order valence-electron chi connectivity index (χ2n) is 16.9. The fourth-order valence-electron chi connectivity index (χ4n) is 8.52. The van der Waals surface area contributed by atoms with Crippen LogP contribution in [-0.4, -0.2) is 103 Å². The molecule has 4 atom stereocenters. The molecule has 4 aromatic rings. The summed E-state index contributed by atoms with van der Waals surface area (Å²) in [6.45, 7) is 11.0. The van der Waals surface area contributed by atoms with Crippen LogP contribution in [0.5, 0.6) is 23.0 Å². The molecule has 2 aliphatic carbocycles.